The number of thiazole rings is 1. The van der Waals surface area contributed by atoms with E-state index >= 15 is 0 Å². The van der Waals surface area contributed by atoms with Crippen LogP contribution in [0.4, 0.5) is 11.1 Å². The molecular formula is C14H8ClN3OS. The Morgan fingerprint density at radius 2 is 1.95 bits per heavy atom. The quantitative estimate of drug-likeness (QED) is 0.576. The lowest BCUT2D eigenvalue weighted by Crippen LogP contribution is -1.88. The second-order valence-corrected chi connectivity index (χ2v) is 5.66. The van der Waals surface area contributed by atoms with Crippen LogP contribution in [-0.4, -0.2) is 9.97 Å². The number of anilines is 2. The molecule has 6 heteroatoms. The number of halogens is 1. The number of nitrogens with one attached hydrogen (secondary N) is 1. The molecule has 0 saturated heterocycles. The highest BCUT2D eigenvalue weighted by atomic mass is 35.5. The predicted octanol–water partition coefficient (Wildman–Crippen LogP) is 4.83. The summed E-state index contributed by atoms with van der Waals surface area (Å²) in [5.74, 6) is 0. The van der Waals surface area contributed by atoms with E-state index in [4.69, 9.17) is 16.0 Å². The Hall–Kier alpha value is -2.11. The number of nitrogens with zero attached hydrogens (tertiary/aromatic N) is 2. The van der Waals surface area contributed by atoms with Crippen molar-refractivity contribution in [3.8, 4) is 0 Å². The molecule has 2 heterocycles. The van der Waals surface area contributed by atoms with Crippen molar-refractivity contribution in [3.63, 3.8) is 0 Å². The van der Waals surface area contributed by atoms with E-state index in [1.165, 1.54) is 11.3 Å². The van der Waals surface area contributed by atoms with E-state index < -0.39 is 0 Å². The largest absolute Gasteiger partial charge is 0.423 e. The summed E-state index contributed by atoms with van der Waals surface area (Å²) < 4.78 is 6.63. The van der Waals surface area contributed by atoms with Gasteiger partial charge in [0, 0.05) is 0 Å². The molecule has 0 aliphatic rings. The third kappa shape index (κ3) is 1.92. The molecule has 0 fully saturated rings. The first-order chi connectivity index (χ1) is 9.79. The van der Waals surface area contributed by atoms with Gasteiger partial charge in [-0.05, 0) is 24.3 Å². The van der Waals surface area contributed by atoms with E-state index in [-0.39, 0.29) is 0 Å². The molecule has 2 aromatic carbocycles. The Morgan fingerprint density at radius 1 is 1.05 bits per heavy atom. The van der Waals surface area contributed by atoms with Crippen LogP contribution >= 0.6 is 22.9 Å². The SMILES string of the molecule is Clc1cccc2sc(Nc3nc4ccccc4o3)nc12. The number of aromatic nitrogens is 2. The molecule has 4 aromatic rings. The van der Waals surface area contributed by atoms with E-state index in [2.05, 4.69) is 15.3 Å². The number of hydrogen-bond acceptors (Lipinski definition) is 5. The maximum atomic E-state index is 6.11. The first kappa shape index (κ1) is 11.7. The molecular weight excluding hydrogens is 294 g/mol. The standard InChI is InChI=1S/C14H8ClN3OS/c15-8-4-3-7-11-12(8)17-14(20-11)18-13-16-9-5-1-2-6-10(9)19-13/h1-7H,(H,16,17,18). The molecule has 0 saturated carbocycles. The lowest BCUT2D eigenvalue weighted by atomic mass is 10.3. The van der Waals surface area contributed by atoms with E-state index in [0.717, 1.165) is 21.3 Å². The Balaban J connectivity index is 1.74. The van der Waals surface area contributed by atoms with Gasteiger partial charge in [-0.1, -0.05) is 41.1 Å². The molecule has 2 aromatic heterocycles. The molecule has 0 aliphatic heterocycles. The minimum absolute atomic E-state index is 0.432. The highest BCUT2D eigenvalue weighted by Gasteiger charge is 2.10. The molecule has 0 radical (unpaired) electrons. The molecule has 0 atom stereocenters. The minimum Gasteiger partial charge on any atom is -0.423 e. The number of rotatable bonds is 2. The van der Waals surface area contributed by atoms with Crippen molar-refractivity contribution < 1.29 is 4.42 Å². The van der Waals surface area contributed by atoms with Crippen LogP contribution in [0.15, 0.2) is 46.9 Å². The first-order valence-electron chi connectivity index (χ1n) is 5.97. The van der Waals surface area contributed by atoms with Gasteiger partial charge < -0.3 is 4.42 Å². The van der Waals surface area contributed by atoms with Gasteiger partial charge in [-0.2, -0.15) is 4.98 Å². The summed E-state index contributed by atoms with van der Waals surface area (Å²) in [6.07, 6.45) is 0. The number of oxazole rings is 1. The van der Waals surface area contributed by atoms with Gasteiger partial charge in [-0.3, -0.25) is 5.32 Å². The van der Waals surface area contributed by atoms with Crippen molar-refractivity contribution in [2.24, 2.45) is 0 Å². The summed E-state index contributed by atoms with van der Waals surface area (Å²) in [4.78, 5) is 8.81. The molecule has 0 unspecified atom stereocenters. The van der Waals surface area contributed by atoms with Crippen molar-refractivity contribution in [3.05, 3.63) is 47.5 Å². The Bertz CT molecular complexity index is 882. The van der Waals surface area contributed by atoms with Gasteiger partial charge in [0.15, 0.2) is 10.7 Å². The molecule has 4 nitrogen and oxygen atoms in total. The zero-order valence-corrected chi connectivity index (χ0v) is 11.7. The van der Waals surface area contributed by atoms with Gasteiger partial charge in [-0.15, -0.1) is 0 Å². The zero-order chi connectivity index (χ0) is 13.5. The lowest BCUT2D eigenvalue weighted by Gasteiger charge is -1.93. The number of hydrogen-bond donors (Lipinski definition) is 1. The highest BCUT2D eigenvalue weighted by Crippen LogP contribution is 2.32. The summed E-state index contributed by atoms with van der Waals surface area (Å²) in [5.41, 5.74) is 2.35. The Kier molecular flexibility index (Phi) is 2.61. The van der Waals surface area contributed by atoms with Crippen molar-refractivity contribution in [2.45, 2.75) is 0 Å². The molecule has 98 valence electrons. The normalized spacial score (nSPS) is 11.2. The smallest absolute Gasteiger partial charge is 0.302 e. The fourth-order valence-electron chi connectivity index (χ4n) is 1.99. The third-order valence-electron chi connectivity index (χ3n) is 2.88. The van der Waals surface area contributed by atoms with Gasteiger partial charge >= 0.3 is 6.01 Å². The van der Waals surface area contributed by atoms with Gasteiger partial charge in [0.2, 0.25) is 0 Å². The Morgan fingerprint density at radius 3 is 2.80 bits per heavy atom. The minimum atomic E-state index is 0.432. The molecule has 0 aliphatic carbocycles. The maximum Gasteiger partial charge on any atom is 0.302 e. The molecule has 0 bridgehead atoms. The molecule has 4 rings (SSSR count). The van der Waals surface area contributed by atoms with Crippen LogP contribution in [0.25, 0.3) is 21.3 Å². The molecule has 20 heavy (non-hydrogen) atoms. The first-order valence-corrected chi connectivity index (χ1v) is 7.17. The van der Waals surface area contributed by atoms with Crippen LogP contribution in [0.1, 0.15) is 0 Å². The van der Waals surface area contributed by atoms with Crippen molar-refractivity contribution in [1.29, 1.82) is 0 Å². The summed E-state index contributed by atoms with van der Waals surface area (Å²) in [5, 5.41) is 4.43. The molecule has 1 N–H and O–H groups in total. The van der Waals surface area contributed by atoms with E-state index in [1.54, 1.807) is 0 Å². The van der Waals surface area contributed by atoms with Crippen LogP contribution in [0, 0.1) is 0 Å². The predicted molar refractivity (Wildman–Crippen MR) is 81.9 cm³/mol. The van der Waals surface area contributed by atoms with Gasteiger partial charge in [0.05, 0.1) is 9.72 Å². The summed E-state index contributed by atoms with van der Waals surface area (Å²) >= 11 is 7.62. The Labute approximate surface area is 123 Å². The van der Waals surface area contributed by atoms with E-state index in [1.807, 2.05) is 42.5 Å². The van der Waals surface area contributed by atoms with Crippen molar-refractivity contribution in [2.75, 3.05) is 5.32 Å². The number of para-hydroxylation sites is 3. The maximum absolute atomic E-state index is 6.11. The lowest BCUT2D eigenvalue weighted by molar-refractivity contribution is 0.623. The average Bonchev–Trinajstić information content (AvgIpc) is 3.02. The fraction of sp³-hybridized carbons (Fsp3) is 0. The van der Waals surface area contributed by atoms with Crippen LogP contribution in [0.5, 0.6) is 0 Å². The summed E-state index contributed by atoms with van der Waals surface area (Å²) in [6.45, 7) is 0. The van der Waals surface area contributed by atoms with Crippen molar-refractivity contribution in [1.82, 2.24) is 9.97 Å². The zero-order valence-electron chi connectivity index (χ0n) is 10.1. The average molecular weight is 302 g/mol. The highest BCUT2D eigenvalue weighted by molar-refractivity contribution is 7.22. The second-order valence-electron chi connectivity index (χ2n) is 4.22. The topological polar surface area (TPSA) is 51.0 Å². The van der Waals surface area contributed by atoms with E-state index in [0.29, 0.717) is 16.2 Å². The number of fused-ring (bicyclic) bond motifs is 2. The van der Waals surface area contributed by atoms with Gasteiger partial charge in [0.1, 0.15) is 11.0 Å². The van der Waals surface area contributed by atoms with Crippen LogP contribution in [0.3, 0.4) is 0 Å². The fourth-order valence-corrected chi connectivity index (χ4v) is 3.14. The van der Waals surface area contributed by atoms with Crippen LogP contribution in [-0.2, 0) is 0 Å². The van der Waals surface area contributed by atoms with Crippen molar-refractivity contribution >= 4 is 55.4 Å². The van der Waals surface area contributed by atoms with Gasteiger partial charge in [0.25, 0.3) is 0 Å². The van der Waals surface area contributed by atoms with Crippen LogP contribution < -0.4 is 5.32 Å². The summed E-state index contributed by atoms with van der Waals surface area (Å²) in [7, 11) is 0. The third-order valence-corrected chi connectivity index (χ3v) is 4.12. The van der Waals surface area contributed by atoms with Crippen LogP contribution in [0.2, 0.25) is 5.02 Å². The monoisotopic (exact) mass is 301 g/mol. The van der Waals surface area contributed by atoms with E-state index in [9.17, 15) is 0 Å². The van der Waals surface area contributed by atoms with Gasteiger partial charge in [-0.25, -0.2) is 4.98 Å². The second kappa shape index (κ2) is 4.47. The summed E-state index contributed by atoms with van der Waals surface area (Å²) in [6, 6.07) is 13.8. The number of benzene rings is 2. The molecule has 0 spiro atoms. The molecule has 0 amide bonds.